The number of rotatable bonds is 1. The maximum Gasteiger partial charge on any atom is 0.190 e. The van der Waals surface area contributed by atoms with Gasteiger partial charge in [0.2, 0.25) is 0 Å². The quantitative estimate of drug-likeness (QED) is 0.225. The molecule has 0 fully saturated rings. The average Bonchev–Trinajstić information content (AvgIpc) is 2.62. The SMILES string of the molecule is C.CC1=C(O)C(C)(C)C[C@@H](O)C1=O.CC1=C(O)C(C)(C)C[C@H](O)C1=O.SSSS. The number of hydrogen-bond donors (Lipinski definition) is 6. The van der Waals surface area contributed by atoms with Crippen molar-refractivity contribution in [3.8, 4) is 0 Å². The van der Waals surface area contributed by atoms with Crippen molar-refractivity contribution in [1.82, 2.24) is 0 Å². The molecule has 6 nitrogen and oxygen atoms in total. The van der Waals surface area contributed by atoms with E-state index in [2.05, 4.69) is 23.3 Å². The molecule has 0 aromatic heterocycles. The third-order valence-electron chi connectivity index (χ3n) is 4.78. The first-order valence-electron chi connectivity index (χ1n) is 8.50. The second-order valence-electron chi connectivity index (χ2n) is 8.03. The highest BCUT2D eigenvalue weighted by Gasteiger charge is 2.38. The van der Waals surface area contributed by atoms with E-state index < -0.39 is 23.0 Å². The van der Waals surface area contributed by atoms with Gasteiger partial charge >= 0.3 is 0 Å². The number of thiol groups is 2. The molecular formula is C19H34O6S4. The molecule has 0 heterocycles. The topological polar surface area (TPSA) is 115 Å². The van der Waals surface area contributed by atoms with Gasteiger partial charge in [-0.1, -0.05) is 58.4 Å². The van der Waals surface area contributed by atoms with Gasteiger partial charge in [-0.3, -0.25) is 9.59 Å². The molecule has 0 aliphatic heterocycles. The normalized spacial score (nSPS) is 25.3. The number of aliphatic hydroxyl groups is 4. The smallest absolute Gasteiger partial charge is 0.190 e. The van der Waals surface area contributed by atoms with E-state index in [-0.39, 0.29) is 30.5 Å². The van der Waals surface area contributed by atoms with E-state index >= 15 is 0 Å². The van der Waals surface area contributed by atoms with E-state index in [1.165, 1.54) is 19.7 Å². The number of aliphatic hydroxyl groups excluding tert-OH is 4. The molecule has 10 heteroatoms. The minimum Gasteiger partial charge on any atom is -0.511 e. The van der Waals surface area contributed by atoms with Crippen LogP contribution in [0.25, 0.3) is 0 Å². The van der Waals surface area contributed by atoms with E-state index in [1.54, 1.807) is 13.8 Å². The van der Waals surface area contributed by atoms with Crippen molar-refractivity contribution in [2.75, 3.05) is 0 Å². The molecule has 0 bridgehead atoms. The Bertz CT molecular complexity index is 599. The van der Waals surface area contributed by atoms with Crippen LogP contribution in [0.4, 0.5) is 0 Å². The van der Waals surface area contributed by atoms with Gasteiger partial charge in [-0.2, -0.15) is 0 Å². The molecule has 0 aromatic carbocycles. The molecule has 29 heavy (non-hydrogen) atoms. The van der Waals surface area contributed by atoms with Gasteiger partial charge in [-0.15, -0.1) is 0 Å². The first-order valence-corrected chi connectivity index (χ1v) is 12.8. The van der Waals surface area contributed by atoms with Crippen LogP contribution in [-0.2, 0) is 9.59 Å². The maximum atomic E-state index is 11.2. The standard InChI is InChI=1S/2C9H14O3.CH4.H2S4/c2*1-5-7(11)6(10)4-9(2,3)8(5)12;;1-3-4-2/h2*6,10,12H,4H2,1-3H3;1H4;1-2H/t2*6-;;/m10../s1. The van der Waals surface area contributed by atoms with Crippen molar-refractivity contribution < 1.29 is 30.0 Å². The summed E-state index contributed by atoms with van der Waals surface area (Å²) < 4.78 is 0. The lowest BCUT2D eigenvalue weighted by Crippen LogP contribution is -2.36. The van der Waals surface area contributed by atoms with Crippen LogP contribution in [0.5, 0.6) is 0 Å². The molecule has 2 aliphatic carbocycles. The van der Waals surface area contributed by atoms with Crippen LogP contribution in [-0.4, -0.2) is 44.2 Å². The number of hydrogen-bond acceptors (Lipinski definition) is 10. The van der Waals surface area contributed by atoms with E-state index in [0.717, 1.165) is 0 Å². The van der Waals surface area contributed by atoms with Crippen LogP contribution in [0.1, 0.15) is 61.8 Å². The zero-order chi connectivity index (χ0) is 22.4. The van der Waals surface area contributed by atoms with Gasteiger partial charge < -0.3 is 20.4 Å². The predicted octanol–water partition coefficient (Wildman–Crippen LogP) is 5.05. The molecule has 170 valence electrons. The molecule has 2 rings (SSSR count). The molecule has 0 aromatic rings. The van der Waals surface area contributed by atoms with Gasteiger partial charge in [0, 0.05) is 22.0 Å². The fourth-order valence-corrected chi connectivity index (χ4v) is 3.09. The minimum absolute atomic E-state index is 0. The highest BCUT2D eigenvalue weighted by molar-refractivity contribution is 9.21. The number of ketones is 2. The molecule has 0 unspecified atom stereocenters. The molecule has 0 saturated heterocycles. The Morgan fingerprint density at radius 3 is 1.24 bits per heavy atom. The zero-order valence-electron chi connectivity index (χ0n) is 16.9. The van der Waals surface area contributed by atoms with E-state index in [1.807, 2.05) is 27.7 Å². The lowest BCUT2D eigenvalue weighted by molar-refractivity contribution is -0.127. The third-order valence-corrected chi connectivity index (χ3v) is 7.44. The Morgan fingerprint density at radius 2 is 1.03 bits per heavy atom. The van der Waals surface area contributed by atoms with Crippen molar-refractivity contribution >= 4 is 54.5 Å². The lowest BCUT2D eigenvalue weighted by atomic mass is 9.76. The highest BCUT2D eigenvalue weighted by atomic mass is 33.7. The summed E-state index contributed by atoms with van der Waals surface area (Å²) in [5.41, 5.74) is -0.369. The number of carbonyl (C=O) groups excluding carboxylic acids is 2. The van der Waals surface area contributed by atoms with Gasteiger partial charge in [0.1, 0.15) is 23.7 Å². The van der Waals surface area contributed by atoms with Gasteiger partial charge in [-0.25, -0.2) is 0 Å². The van der Waals surface area contributed by atoms with E-state index in [9.17, 15) is 30.0 Å². The van der Waals surface area contributed by atoms with Crippen LogP contribution in [0.3, 0.4) is 0 Å². The van der Waals surface area contributed by atoms with Crippen molar-refractivity contribution in [2.45, 2.75) is 74.0 Å². The fraction of sp³-hybridized carbons (Fsp3) is 0.684. The largest absolute Gasteiger partial charge is 0.511 e. The van der Waals surface area contributed by atoms with Gasteiger partial charge in [0.15, 0.2) is 11.6 Å². The Morgan fingerprint density at radius 1 is 0.793 bits per heavy atom. The number of carbonyl (C=O) groups is 2. The van der Waals surface area contributed by atoms with Crippen molar-refractivity contribution in [3.05, 3.63) is 22.7 Å². The summed E-state index contributed by atoms with van der Waals surface area (Å²) in [6.07, 6.45) is -1.30. The summed E-state index contributed by atoms with van der Waals surface area (Å²) >= 11 is 7.45. The molecule has 0 saturated carbocycles. The Labute approximate surface area is 191 Å². The van der Waals surface area contributed by atoms with Crippen LogP contribution < -0.4 is 0 Å². The molecule has 0 spiro atoms. The van der Waals surface area contributed by atoms with E-state index in [0.29, 0.717) is 24.0 Å². The zero-order valence-corrected chi connectivity index (χ0v) is 20.3. The van der Waals surface area contributed by atoms with Crippen LogP contribution in [0, 0.1) is 10.8 Å². The fourth-order valence-electron chi connectivity index (χ4n) is 3.09. The summed E-state index contributed by atoms with van der Waals surface area (Å²) in [4.78, 5) is 22.3. The molecule has 2 aliphatic rings. The van der Waals surface area contributed by atoms with E-state index in [4.69, 9.17) is 0 Å². The molecule has 4 N–H and O–H groups in total. The maximum absolute atomic E-state index is 11.2. The molecular weight excluding hydrogens is 452 g/mol. The average molecular weight is 487 g/mol. The minimum atomic E-state index is -0.948. The van der Waals surface area contributed by atoms with Crippen molar-refractivity contribution in [2.24, 2.45) is 10.8 Å². The Balaban J connectivity index is 0. The van der Waals surface area contributed by atoms with Crippen LogP contribution in [0.2, 0.25) is 0 Å². The van der Waals surface area contributed by atoms with Gasteiger partial charge in [-0.05, 0) is 46.3 Å². The second kappa shape index (κ2) is 12.6. The summed E-state index contributed by atoms with van der Waals surface area (Å²) in [6.45, 7) is 10.3. The lowest BCUT2D eigenvalue weighted by Gasteiger charge is -2.32. The van der Waals surface area contributed by atoms with Crippen molar-refractivity contribution in [1.29, 1.82) is 0 Å². The summed E-state index contributed by atoms with van der Waals surface area (Å²) in [5.74, 6) is -0.491. The summed E-state index contributed by atoms with van der Waals surface area (Å²) in [7, 11) is 2.66. The Kier molecular flexibility index (Phi) is 13.4. The second-order valence-corrected chi connectivity index (χ2v) is 11.9. The first-order chi connectivity index (χ1) is 12.6. The third kappa shape index (κ3) is 8.41. The molecule has 0 amide bonds. The molecule has 0 radical (unpaired) electrons. The van der Waals surface area contributed by atoms with Crippen LogP contribution in [0.15, 0.2) is 22.7 Å². The monoisotopic (exact) mass is 486 g/mol. The summed E-state index contributed by atoms with van der Waals surface area (Å²) in [6, 6.07) is 0. The number of Topliss-reactive ketones (excluding diaryl/α,β-unsaturated/α-hetero) is 2. The van der Waals surface area contributed by atoms with Crippen LogP contribution >= 0.6 is 43.0 Å². The molecule has 2 atom stereocenters. The number of allylic oxidation sites excluding steroid dienone is 2. The predicted molar refractivity (Wildman–Crippen MR) is 129 cm³/mol. The van der Waals surface area contributed by atoms with Gasteiger partial charge in [0.25, 0.3) is 0 Å². The van der Waals surface area contributed by atoms with Gasteiger partial charge in [0.05, 0.1) is 0 Å². The van der Waals surface area contributed by atoms with Crippen molar-refractivity contribution in [3.63, 3.8) is 0 Å². The Hall–Kier alpha value is -0.260. The highest BCUT2D eigenvalue weighted by Crippen LogP contribution is 2.37. The first kappa shape index (κ1) is 30.9. The summed E-state index contributed by atoms with van der Waals surface area (Å²) in [5, 5.41) is 37.7.